The number of thioether (sulfide) groups is 1. The fraction of sp³-hybridized carbons (Fsp3) is 0.560. The van der Waals surface area contributed by atoms with Gasteiger partial charge in [-0.25, -0.2) is 19.2 Å². The first kappa shape index (κ1) is 25.5. The quantitative estimate of drug-likeness (QED) is 0.590. The summed E-state index contributed by atoms with van der Waals surface area (Å²) in [4.78, 5) is 43.4. The predicted molar refractivity (Wildman–Crippen MR) is 133 cm³/mol. The zero-order valence-electron chi connectivity index (χ0n) is 20.4. The maximum atomic E-state index is 13.5. The number of likely N-dealkylation sites (N-methyl/N-ethyl adjacent to an activating group) is 1. The number of hydrogen-bond acceptors (Lipinski definition) is 5. The van der Waals surface area contributed by atoms with Crippen LogP contribution in [0.3, 0.4) is 0 Å². The van der Waals surface area contributed by atoms with Gasteiger partial charge in [0.1, 0.15) is 18.0 Å². The first-order valence-electron chi connectivity index (χ1n) is 12.3. The molecule has 1 aromatic rings. The summed E-state index contributed by atoms with van der Waals surface area (Å²) in [5, 5.41) is 8.66. The van der Waals surface area contributed by atoms with E-state index in [2.05, 4.69) is 23.7 Å². The summed E-state index contributed by atoms with van der Waals surface area (Å²) in [7, 11) is 1.72. The number of nitrogens with zero attached hydrogens (tertiary/aromatic N) is 4. The third-order valence-electron chi connectivity index (χ3n) is 6.82. The molecule has 0 bridgehead atoms. The largest absolute Gasteiger partial charge is 0.337 e. The second kappa shape index (κ2) is 11.4. The molecule has 0 spiro atoms. The highest BCUT2D eigenvalue weighted by Crippen LogP contribution is 2.30. The molecule has 10 heteroatoms. The van der Waals surface area contributed by atoms with Crippen molar-refractivity contribution in [2.45, 2.75) is 63.0 Å². The van der Waals surface area contributed by atoms with E-state index in [9.17, 15) is 18.8 Å². The fourth-order valence-corrected chi connectivity index (χ4v) is 5.87. The molecule has 0 saturated carbocycles. The van der Waals surface area contributed by atoms with Crippen LogP contribution in [0.1, 0.15) is 44.6 Å². The van der Waals surface area contributed by atoms with Gasteiger partial charge in [0.25, 0.3) is 0 Å². The van der Waals surface area contributed by atoms with Gasteiger partial charge in [-0.15, -0.1) is 11.8 Å². The zero-order valence-corrected chi connectivity index (χ0v) is 21.2. The number of carbonyl (C=O) groups excluding carboxylic acids is 3. The van der Waals surface area contributed by atoms with Crippen molar-refractivity contribution in [3.63, 3.8) is 0 Å². The molecular weight excluding hydrogens is 469 g/mol. The highest BCUT2D eigenvalue weighted by atomic mass is 32.2. The Bertz CT molecular complexity index is 951. The molecule has 3 aliphatic heterocycles. The first-order chi connectivity index (χ1) is 16.9. The molecule has 4 amide bonds. The van der Waals surface area contributed by atoms with E-state index >= 15 is 0 Å². The Labute approximate surface area is 210 Å². The number of halogens is 1. The molecule has 3 aliphatic rings. The van der Waals surface area contributed by atoms with Gasteiger partial charge in [-0.3, -0.25) is 9.59 Å². The van der Waals surface area contributed by atoms with Crippen LogP contribution in [0.25, 0.3) is 0 Å². The molecule has 4 rings (SSSR count). The number of carbonyl (C=O) groups is 3. The summed E-state index contributed by atoms with van der Waals surface area (Å²) in [6.45, 7) is 3.22. The van der Waals surface area contributed by atoms with Gasteiger partial charge >= 0.3 is 6.03 Å². The van der Waals surface area contributed by atoms with Gasteiger partial charge in [-0.05, 0) is 42.4 Å². The second-order valence-electron chi connectivity index (χ2n) is 9.32. The van der Waals surface area contributed by atoms with Crippen molar-refractivity contribution >= 4 is 29.6 Å². The van der Waals surface area contributed by atoms with Gasteiger partial charge in [0.05, 0.1) is 13.1 Å². The Kier molecular flexibility index (Phi) is 8.33. The summed E-state index contributed by atoms with van der Waals surface area (Å²) < 4.78 is 13.2. The maximum absolute atomic E-state index is 13.5. The normalized spacial score (nSPS) is 24.8. The van der Waals surface area contributed by atoms with E-state index in [-0.39, 0.29) is 43.3 Å². The standard InChI is InChI=1S/C25H34FN5O3S/c1-3-4-7-21-24(33)29(13-12-20-6-5-14-35-20)16-22-30(21)23(32)17-28(2)31(22)25(34)27-15-18-8-10-19(26)11-9-18/h5,8-11,14,20-22H,3-4,6-7,12-13,15-17H2,1-2H3,(H,27,34)/t20?,21-,22-/m0/s1. The van der Waals surface area contributed by atoms with Gasteiger partial charge < -0.3 is 15.1 Å². The summed E-state index contributed by atoms with van der Waals surface area (Å²) in [6.07, 6.45) is 5.79. The smallest absolute Gasteiger partial charge is 0.334 e. The van der Waals surface area contributed by atoms with E-state index in [1.54, 1.807) is 45.9 Å². The Morgan fingerprint density at radius 2 is 1.97 bits per heavy atom. The molecule has 0 aromatic heterocycles. The van der Waals surface area contributed by atoms with Crippen molar-refractivity contribution in [1.82, 2.24) is 25.1 Å². The van der Waals surface area contributed by atoms with Crippen molar-refractivity contribution in [1.29, 1.82) is 0 Å². The molecule has 0 radical (unpaired) electrons. The number of piperazine rings is 1. The number of rotatable bonds is 8. The topological polar surface area (TPSA) is 76.2 Å². The van der Waals surface area contributed by atoms with Crippen molar-refractivity contribution in [2.75, 3.05) is 26.7 Å². The van der Waals surface area contributed by atoms with Crippen LogP contribution in [0.15, 0.2) is 35.7 Å². The summed E-state index contributed by atoms with van der Waals surface area (Å²) in [5.41, 5.74) is 0.774. The number of amides is 4. The molecular formula is C25H34FN5O3S. The number of fused-ring (bicyclic) bond motifs is 1. The van der Waals surface area contributed by atoms with E-state index in [1.807, 2.05) is 4.90 Å². The maximum Gasteiger partial charge on any atom is 0.334 e. The Morgan fingerprint density at radius 1 is 1.20 bits per heavy atom. The van der Waals surface area contributed by atoms with E-state index in [4.69, 9.17) is 0 Å². The minimum Gasteiger partial charge on any atom is -0.337 e. The van der Waals surface area contributed by atoms with E-state index in [0.717, 1.165) is 31.2 Å². The summed E-state index contributed by atoms with van der Waals surface area (Å²) >= 11 is 1.79. The molecule has 190 valence electrons. The molecule has 1 aromatic carbocycles. The predicted octanol–water partition coefficient (Wildman–Crippen LogP) is 3.16. The number of unbranched alkanes of at least 4 members (excludes halogenated alkanes) is 1. The summed E-state index contributed by atoms with van der Waals surface area (Å²) in [5.74, 6) is -0.484. The van der Waals surface area contributed by atoms with Gasteiger partial charge in [0.15, 0.2) is 0 Å². The lowest BCUT2D eigenvalue weighted by Gasteiger charge is -2.54. The molecule has 2 saturated heterocycles. The van der Waals surface area contributed by atoms with Crippen LogP contribution < -0.4 is 5.32 Å². The van der Waals surface area contributed by atoms with Gasteiger partial charge in [0, 0.05) is 25.4 Å². The number of hydrazine groups is 1. The van der Waals surface area contributed by atoms with E-state index < -0.39 is 12.2 Å². The number of hydrogen-bond donors (Lipinski definition) is 1. The molecule has 1 unspecified atom stereocenters. The van der Waals surface area contributed by atoms with Crippen molar-refractivity contribution in [2.24, 2.45) is 0 Å². The van der Waals surface area contributed by atoms with Crippen LogP contribution >= 0.6 is 11.8 Å². The Morgan fingerprint density at radius 3 is 2.66 bits per heavy atom. The van der Waals surface area contributed by atoms with Crippen molar-refractivity contribution < 1.29 is 18.8 Å². The average molecular weight is 504 g/mol. The average Bonchev–Trinajstić information content (AvgIpc) is 3.36. The van der Waals surface area contributed by atoms with Crippen LogP contribution in [0.4, 0.5) is 9.18 Å². The van der Waals surface area contributed by atoms with Crippen LogP contribution in [0.2, 0.25) is 0 Å². The number of allylic oxidation sites excluding steroid dienone is 1. The highest BCUT2D eigenvalue weighted by Gasteiger charge is 2.50. The Hall–Kier alpha value is -2.59. The monoisotopic (exact) mass is 503 g/mol. The lowest BCUT2D eigenvalue weighted by atomic mass is 10.0. The molecule has 2 fully saturated rings. The van der Waals surface area contributed by atoms with Crippen LogP contribution in [0.5, 0.6) is 0 Å². The van der Waals surface area contributed by atoms with Crippen LogP contribution in [0, 0.1) is 5.82 Å². The van der Waals surface area contributed by atoms with Crippen molar-refractivity contribution in [3.05, 3.63) is 47.1 Å². The molecule has 1 N–H and O–H groups in total. The van der Waals surface area contributed by atoms with Gasteiger partial charge in [-0.2, -0.15) is 0 Å². The van der Waals surface area contributed by atoms with E-state index in [0.29, 0.717) is 18.2 Å². The van der Waals surface area contributed by atoms with E-state index in [1.165, 1.54) is 12.1 Å². The number of urea groups is 1. The van der Waals surface area contributed by atoms with Gasteiger partial charge in [0.2, 0.25) is 11.8 Å². The number of benzene rings is 1. The van der Waals surface area contributed by atoms with Crippen molar-refractivity contribution in [3.8, 4) is 0 Å². The van der Waals surface area contributed by atoms with Gasteiger partial charge in [-0.1, -0.05) is 38.0 Å². The summed E-state index contributed by atoms with van der Waals surface area (Å²) in [6, 6.07) is 5.06. The minimum absolute atomic E-state index is 0.0183. The lowest BCUT2D eigenvalue weighted by molar-refractivity contribution is -0.187. The third kappa shape index (κ3) is 5.81. The molecule has 8 nitrogen and oxygen atoms in total. The fourth-order valence-electron chi connectivity index (χ4n) is 4.96. The SMILES string of the molecule is CCCC[C@H]1C(=O)N(CCC2CC=CS2)C[C@H]2N1C(=O)CN(C)N2C(=O)NCc1ccc(F)cc1. The number of nitrogens with one attached hydrogen (secondary N) is 1. The van der Waals surface area contributed by atoms with Crippen LogP contribution in [-0.4, -0.2) is 81.8 Å². The third-order valence-corrected chi connectivity index (χ3v) is 7.99. The first-order valence-corrected chi connectivity index (χ1v) is 13.3. The molecule has 3 atom stereocenters. The molecule has 0 aliphatic carbocycles. The lowest BCUT2D eigenvalue weighted by Crippen LogP contribution is -2.76. The molecule has 35 heavy (non-hydrogen) atoms. The molecule has 3 heterocycles. The zero-order chi connectivity index (χ0) is 24.9. The minimum atomic E-state index is -0.566. The Balaban J connectivity index is 1.52. The second-order valence-corrected chi connectivity index (χ2v) is 10.5. The van der Waals surface area contributed by atoms with Crippen LogP contribution in [-0.2, 0) is 16.1 Å². The highest BCUT2D eigenvalue weighted by molar-refractivity contribution is 8.03.